The second-order valence-corrected chi connectivity index (χ2v) is 5.81. The maximum absolute atomic E-state index is 12.0. The zero-order chi connectivity index (χ0) is 14.0. The van der Waals surface area contributed by atoms with Gasteiger partial charge < -0.3 is 10.0 Å². The maximum atomic E-state index is 12.0. The smallest absolute Gasteiger partial charge is 0.394 e. The van der Waals surface area contributed by atoms with E-state index < -0.39 is 11.9 Å². The summed E-state index contributed by atoms with van der Waals surface area (Å²) in [5.74, 6) is -2.11. The highest BCUT2D eigenvalue weighted by Gasteiger charge is 2.43. The Balaban J connectivity index is 2.30. The molecule has 4 nitrogen and oxygen atoms in total. The van der Waals surface area contributed by atoms with Crippen LogP contribution in [-0.4, -0.2) is 34.0 Å². The molecule has 1 unspecified atom stereocenters. The summed E-state index contributed by atoms with van der Waals surface area (Å²) in [6.07, 6.45) is 11.8. The van der Waals surface area contributed by atoms with E-state index in [-0.39, 0.29) is 17.5 Å². The van der Waals surface area contributed by atoms with Gasteiger partial charge in [0.2, 0.25) is 0 Å². The molecule has 0 radical (unpaired) electrons. The maximum Gasteiger partial charge on any atom is 0.394 e. The summed E-state index contributed by atoms with van der Waals surface area (Å²) in [5, 5.41) is 9.03. The summed E-state index contributed by atoms with van der Waals surface area (Å²) in [6, 6.07) is -0.0282. The molecule has 0 aromatic carbocycles. The van der Waals surface area contributed by atoms with Crippen LogP contribution in [-0.2, 0) is 9.59 Å². The first-order chi connectivity index (χ1) is 8.96. The Labute approximate surface area is 113 Å². The number of carboxylic acid groups (broad SMARTS) is 1. The van der Waals surface area contributed by atoms with Crippen LogP contribution in [0.25, 0.3) is 0 Å². The topological polar surface area (TPSA) is 57.6 Å². The molecule has 2 rings (SSSR count). The quantitative estimate of drug-likeness (QED) is 0.739. The Morgan fingerprint density at radius 3 is 2.63 bits per heavy atom. The van der Waals surface area contributed by atoms with Crippen molar-refractivity contribution >= 4 is 11.9 Å². The van der Waals surface area contributed by atoms with Crippen molar-refractivity contribution in [2.24, 2.45) is 5.41 Å². The Morgan fingerprint density at radius 1 is 1.32 bits per heavy atom. The first-order valence-electron chi connectivity index (χ1n) is 6.85. The van der Waals surface area contributed by atoms with Crippen molar-refractivity contribution in [2.45, 2.75) is 51.6 Å². The van der Waals surface area contributed by atoms with Crippen LogP contribution < -0.4 is 0 Å². The largest absolute Gasteiger partial charge is 0.474 e. The van der Waals surface area contributed by atoms with Crippen LogP contribution in [0.2, 0.25) is 0 Å². The molecule has 0 aromatic heterocycles. The fourth-order valence-corrected chi connectivity index (χ4v) is 3.28. The Hall–Kier alpha value is -1.58. The average molecular weight is 263 g/mol. The molecule has 1 amide bonds. The third kappa shape index (κ3) is 2.57. The predicted octanol–water partition coefficient (Wildman–Crippen LogP) is 2.36. The van der Waals surface area contributed by atoms with Crippen LogP contribution in [0, 0.1) is 5.41 Å². The highest BCUT2D eigenvalue weighted by Crippen LogP contribution is 2.40. The molecule has 19 heavy (non-hydrogen) atoms. The van der Waals surface area contributed by atoms with Gasteiger partial charge in [0.1, 0.15) is 0 Å². The fraction of sp³-hybridized carbons (Fsp3) is 0.600. The molecule has 3 atom stereocenters. The SMILES string of the molecule is C[C@H]1CCC[C@@H](C2(C)C=CC=CC2)N1C(=O)C(=O)O. The number of rotatable bonds is 1. The van der Waals surface area contributed by atoms with Crippen LogP contribution in [0.4, 0.5) is 0 Å². The van der Waals surface area contributed by atoms with Gasteiger partial charge in [-0.15, -0.1) is 0 Å². The number of carbonyl (C=O) groups is 2. The van der Waals surface area contributed by atoms with Crippen molar-refractivity contribution in [3.8, 4) is 0 Å². The van der Waals surface area contributed by atoms with Crippen molar-refractivity contribution in [1.82, 2.24) is 4.90 Å². The number of nitrogens with zero attached hydrogens (tertiary/aromatic N) is 1. The minimum absolute atomic E-state index is 0.00141. The molecule has 0 aromatic rings. The zero-order valence-electron chi connectivity index (χ0n) is 11.5. The lowest BCUT2D eigenvalue weighted by Crippen LogP contribution is -2.56. The molecule has 1 aliphatic carbocycles. The number of carbonyl (C=O) groups excluding carboxylic acids is 1. The van der Waals surface area contributed by atoms with Crippen LogP contribution in [0.5, 0.6) is 0 Å². The molecule has 0 spiro atoms. The van der Waals surface area contributed by atoms with E-state index in [4.69, 9.17) is 5.11 Å². The van der Waals surface area contributed by atoms with Crippen molar-refractivity contribution in [1.29, 1.82) is 0 Å². The molecule has 2 aliphatic rings. The van der Waals surface area contributed by atoms with Gasteiger partial charge in [-0.1, -0.05) is 31.2 Å². The summed E-state index contributed by atoms with van der Waals surface area (Å²) < 4.78 is 0. The monoisotopic (exact) mass is 263 g/mol. The summed E-state index contributed by atoms with van der Waals surface area (Å²) in [6.45, 7) is 4.05. The number of amides is 1. The molecule has 4 heteroatoms. The fourth-order valence-electron chi connectivity index (χ4n) is 3.28. The number of hydrogen-bond donors (Lipinski definition) is 1. The summed E-state index contributed by atoms with van der Waals surface area (Å²) in [4.78, 5) is 24.6. The van der Waals surface area contributed by atoms with Gasteiger partial charge in [0.15, 0.2) is 0 Å². The predicted molar refractivity (Wildman–Crippen MR) is 72.6 cm³/mol. The zero-order valence-corrected chi connectivity index (χ0v) is 11.5. The van der Waals surface area contributed by atoms with Crippen molar-refractivity contribution in [3.63, 3.8) is 0 Å². The number of allylic oxidation sites excluding steroid dienone is 3. The van der Waals surface area contributed by atoms with Gasteiger partial charge in [-0.3, -0.25) is 4.79 Å². The molecular formula is C15H21NO3. The number of piperidine rings is 1. The molecule has 0 bridgehead atoms. The van der Waals surface area contributed by atoms with Gasteiger partial charge in [-0.2, -0.15) is 0 Å². The molecule has 1 fully saturated rings. The van der Waals surface area contributed by atoms with Gasteiger partial charge in [0, 0.05) is 17.5 Å². The van der Waals surface area contributed by atoms with Gasteiger partial charge in [0.05, 0.1) is 0 Å². The van der Waals surface area contributed by atoms with Crippen LogP contribution in [0.1, 0.15) is 39.5 Å². The first kappa shape index (κ1) is 13.8. The third-order valence-corrected chi connectivity index (χ3v) is 4.37. The summed E-state index contributed by atoms with van der Waals surface area (Å²) in [5.41, 5.74) is -0.158. The van der Waals surface area contributed by atoms with Gasteiger partial charge in [-0.25, -0.2) is 4.79 Å². The second-order valence-electron chi connectivity index (χ2n) is 5.81. The van der Waals surface area contributed by atoms with Crippen LogP contribution in [0.3, 0.4) is 0 Å². The van der Waals surface area contributed by atoms with E-state index >= 15 is 0 Å². The van der Waals surface area contributed by atoms with E-state index in [1.54, 1.807) is 4.90 Å². The lowest BCUT2D eigenvalue weighted by atomic mass is 9.72. The van der Waals surface area contributed by atoms with Crippen LogP contribution in [0.15, 0.2) is 24.3 Å². The van der Waals surface area contributed by atoms with Gasteiger partial charge in [0.25, 0.3) is 0 Å². The first-order valence-corrected chi connectivity index (χ1v) is 6.85. The van der Waals surface area contributed by atoms with Crippen molar-refractivity contribution in [2.75, 3.05) is 0 Å². The number of hydrogen-bond acceptors (Lipinski definition) is 2. The van der Waals surface area contributed by atoms with Crippen molar-refractivity contribution < 1.29 is 14.7 Å². The number of aliphatic carboxylic acids is 1. The Kier molecular flexibility index (Phi) is 3.78. The molecule has 1 heterocycles. The molecular weight excluding hydrogens is 242 g/mol. The van der Waals surface area contributed by atoms with E-state index in [0.717, 1.165) is 25.7 Å². The number of likely N-dealkylation sites (tertiary alicyclic amines) is 1. The van der Waals surface area contributed by atoms with Gasteiger partial charge in [-0.05, 0) is 32.6 Å². The van der Waals surface area contributed by atoms with Crippen molar-refractivity contribution in [3.05, 3.63) is 24.3 Å². The lowest BCUT2D eigenvalue weighted by molar-refractivity contribution is -0.161. The van der Waals surface area contributed by atoms with Gasteiger partial charge >= 0.3 is 11.9 Å². The average Bonchev–Trinajstić information content (AvgIpc) is 2.38. The molecule has 104 valence electrons. The minimum Gasteiger partial charge on any atom is -0.474 e. The van der Waals surface area contributed by atoms with E-state index in [1.807, 2.05) is 19.1 Å². The van der Waals surface area contributed by atoms with E-state index in [0.29, 0.717) is 0 Å². The summed E-state index contributed by atoms with van der Waals surface area (Å²) in [7, 11) is 0. The molecule has 0 saturated carbocycles. The summed E-state index contributed by atoms with van der Waals surface area (Å²) >= 11 is 0. The normalized spacial score (nSPS) is 34.3. The van der Waals surface area contributed by atoms with E-state index in [2.05, 4.69) is 19.1 Å². The Morgan fingerprint density at radius 2 is 2.05 bits per heavy atom. The highest BCUT2D eigenvalue weighted by atomic mass is 16.4. The molecule has 1 saturated heterocycles. The van der Waals surface area contributed by atoms with E-state index in [1.165, 1.54) is 0 Å². The third-order valence-electron chi connectivity index (χ3n) is 4.37. The number of carboxylic acids is 1. The standard InChI is InChI=1S/C15H21NO3/c1-11-7-6-8-12(16(11)13(17)14(18)19)15(2)9-4-3-5-10-15/h3-5,9,11-12H,6-8,10H2,1-2H3,(H,18,19)/t11-,12-,15?/m0/s1. The Bertz CT molecular complexity index is 441. The van der Waals surface area contributed by atoms with E-state index in [9.17, 15) is 9.59 Å². The second kappa shape index (κ2) is 5.19. The minimum atomic E-state index is -1.35. The molecule has 1 aliphatic heterocycles. The molecule has 1 N–H and O–H groups in total. The van der Waals surface area contributed by atoms with Crippen LogP contribution >= 0.6 is 0 Å². The highest BCUT2D eigenvalue weighted by molar-refractivity contribution is 6.31. The lowest BCUT2D eigenvalue weighted by Gasteiger charge is -2.48.